The van der Waals surface area contributed by atoms with Gasteiger partial charge in [0, 0.05) is 10.8 Å². The summed E-state index contributed by atoms with van der Waals surface area (Å²) in [5.41, 5.74) is 18.3. The predicted molar refractivity (Wildman–Crippen MR) is 267 cm³/mol. The maximum absolute atomic E-state index is 6.20. The van der Waals surface area contributed by atoms with Crippen molar-refractivity contribution in [2.24, 2.45) is 0 Å². The van der Waals surface area contributed by atoms with Gasteiger partial charge in [0.1, 0.15) is 11.2 Å². The molecule has 10 aromatic carbocycles. The van der Waals surface area contributed by atoms with Crippen LogP contribution in [0.25, 0.3) is 66.1 Å². The first-order valence-corrected chi connectivity index (χ1v) is 22.6. The smallest absolute Gasteiger partial charge is 0.136 e. The van der Waals surface area contributed by atoms with E-state index in [1.165, 1.54) is 77.5 Å². The molecule has 1 heteroatoms. The zero-order valence-electron chi connectivity index (χ0n) is 35.6. The van der Waals surface area contributed by atoms with Crippen LogP contribution in [0.2, 0.25) is 0 Å². The molecule has 0 bridgehead atoms. The molecule has 1 nitrogen and oxygen atoms in total. The van der Waals surface area contributed by atoms with Crippen LogP contribution in [0.4, 0.5) is 0 Å². The Hall–Kier alpha value is -7.74. The minimum absolute atomic E-state index is 0.301. The van der Waals surface area contributed by atoms with Gasteiger partial charge < -0.3 is 4.42 Å². The fraction of sp³-hybridized carbons (Fsp3) is 0.0794. The number of hydrogen-bond acceptors (Lipinski definition) is 1. The molecule has 0 saturated heterocycles. The molecule has 12 rings (SSSR count). The molecule has 0 spiro atoms. The average molecular weight is 819 g/mol. The second-order valence-electron chi connectivity index (χ2n) is 17.5. The van der Waals surface area contributed by atoms with Crippen LogP contribution in [0, 0.1) is 0 Å². The monoisotopic (exact) mass is 818 g/mol. The molecule has 1 atom stereocenters. The third-order valence-electron chi connectivity index (χ3n) is 14.0. The zero-order chi connectivity index (χ0) is 42.5. The van der Waals surface area contributed by atoms with E-state index in [-0.39, 0.29) is 0 Å². The SMILES string of the molecule is c1ccc(C2(c3ccccc3)c3ccccc3-c3ccc(C(CCc4ccc(-c5ccc(-c6ccc7c(c6)oc6ccccc67)cc5)cc4)Cc4cccc5ccccc45)cc32)cc1. The van der Waals surface area contributed by atoms with E-state index in [4.69, 9.17) is 4.42 Å². The van der Waals surface area contributed by atoms with Crippen molar-refractivity contribution in [3.8, 4) is 33.4 Å². The van der Waals surface area contributed by atoms with E-state index >= 15 is 0 Å². The molecule has 0 N–H and O–H groups in total. The molecule has 0 radical (unpaired) electrons. The maximum Gasteiger partial charge on any atom is 0.136 e. The summed E-state index contributed by atoms with van der Waals surface area (Å²) in [6.45, 7) is 0. The molecule has 1 aliphatic rings. The van der Waals surface area contributed by atoms with Gasteiger partial charge in [-0.05, 0) is 126 Å². The molecule has 1 unspecified atom stereocenters. The highest BCUT2D eigenvalue weighted by Crippen LogP contribution is 2.56. The van der Waals surface area contributed by atoms with Gasteiger partial charge in [0.15, 0.2) is 0 Å². The van der Waals surface area contributed by atoms with E-state index in [0.29, 0.717) is 5.92 Å². The van der Waals surface area contributed by atoms with E-state index in [0.717, 1.165) is 46.8 Å². The summed E-state index contributed by atoms with van der Waals surface area (Å²) in [4.78, 5) is 0. The van der Waals surface area contributed by atoms with Crippen molar-refractivity contribution >= 4 is 32.7 Å². The molecule has 0 fully saturated rings. The van der Waals surface area contributed by atoms with Crippen molar-refractivity contribution in [3.63, 3.8) is 0 Å². The Balaban J connectivity index is 0.873. The molecule has 0 amide bonds. The first kappa shape index (κ1) is 38.0. The Morgan fingerprint density at radius 2 is 0.969 bits per heavy atom. The highest BCUT2D eigenvalue weighted by molar-refractivity contribution is 6.06. The van der Waals surface area contributed by atoms with Crippen LogP contribution in [0.1, 0.15) is 51.3 Å². The quantitative estimate of drug-likeness (QED) is 0.134. The van der Waals surface area contributed by atoms with Crippen molar-refractivity contribution < 1.29 is 4.42 Å². The number of benzene rings is 10. The highest BCUT2D eigenvalue weighted by Gasteiger charge is 2.46. The Bertz CT molecular complexity index is 3400. The minimum Gasteiger partial charge on any atom is -0.456 e. The van der Waals surface area contributed by atoms with Crippen molar-refractivity contribution in [2.75, 3.05) is 0 Å². The third-order valence-corrected chi connectivity index (χ3v) is 14.0. The van der Waals surface area contributed by atoms with Gasteiger partial charge in [-0.15, -0.1) is 0 Å². The summed E-state index contributed by atoms with van der Waals surface area (Å²) in [7, 11) is 0. The van der Waals surface area contributed by atoms with Gasteiger partial charge in [-0.3, -0.25) is 0 Å². The van der Waals surface area contributed by atoms with Crippen molar-refractivity contribution in [3.05, 3.63) is 276 Å². The molecule has 64 heavy (non-hydrogen) atoms. The fourth-order valence-electron chi connectivity index (χ4n) is 10.8. The van der Waals surface area contributed by atoms with E-state index in [1.54, 1.807) is 0 Å². The Kier molecular flexibility index (Phi) is 9.42. The summed E-state index contributed by atoms with van der Waals surface area (Å²) in [5.74, 6) is 0.301. The van der Waals surface area contributed by atoms with Gasteiger partial charge in [-0.1, -0.05) is 218 Å². The number of fused-ring (bicyclic) bond motifs is 7. The Morgan fingerprint density at radius 3 is 1.73 bits per heavy atom. The molecule has 0 aliphatic heterocycles. The van der Waals surface area contributed by atoms with E-state index in [9.17, 15) is 0 Å². The van der Waals surface area contributed by atoms with Crippen LogP contribution >= 0.6 is 0 Å². The molecule has 304 valence electrons. The molecular weight excluding hydrogens is 773 g/mol. The molecule has 1 heterocycles. The van der Waals surface area contributed by atoms with Crippen molar-refractivity contribution in [2.45, 2.75) is 30.6 Å². The number of aryl methyl sites for hydroxylation is 1. The van der Waals surface area contributed by atoms with Gasteiger partial charge >= 0.3 is 0 Å². The first-order chi connectivity index (χ1) is 31.7. The number of para-hydroxylation sites is 1. The van der Waals surface area contributed by atoms with Gasteiger partial charge in [-0.25, -0.2) is 0 Å². The van der Waals surface area contributed by atoms with E-state index in [2.05, 4.69) is 224 Å². The third kappa shape index (κ3) is 6.47. The largest absolute Gasteiger partial charge is 0.456 e. The van der Waals surface area contributed by atoms with Crippen molar-refractivity contribution in [1.29, 1.82) is 0 Å². The van der Waals surface area contributed by atoms with Gasteiger partial charge in [0.05, 0.1) is 5.41 Å². The Morgan fingerprint density at radius 1 is 0.391 bits per heavy atom. The van der Waals surface area contributed by atoms with Crippen LogP contribution in [0.3, 0.4) is 0 Å². The molecule has 1 aromatic heterocycles. The summed E-state index contributed by atoms with van der Waals surface area (Å²) >= 11 is 0. The van der Waals surface area contributed by atoms with Crippen LogP contribution in [0.5, 0.6) is 0 Å². The van der Waals surface area contributed by atoms with Crippen LogP contribution in [-0.2, 0) is 18.3 Å². The lowest BCUT2D eigenvalue weighted by Crippen LogP contribution is -2.28. The predicted octanol–water partition coefficient (Wildman–Crippen LogP) is 16.4. The lowest BCUT2D eigenvalue weighted by atomic mass is 9.67. The normalized spacial score (nSPS) is 13.2. The van der Waals surface area contributed by atoms with Gasteiger partial charge in [0.25, 0.3) is 0 Å². The second-order valence-corrected chi connectivity index (χ2v) is 17.5. The number of hydrogen-bond donors (Lipinski definition) is 0. The standard InChI is InChI=1S/C63H46O/c1-3-17-52(18-4-1)63(53-19-5-2-6-20-53)59-24-11-9-22-55(59)56-38-36-49(41-60(56)63)48(40-51-16-13-15-47-14-7-8-21-54(47)51)31-28-43-26-29-44(30-27-43)45-32-34-46(35-33-45)50-37-39-58-57-23-10-12-25-61(57)64-62(58)42-50/h1-27,29-30,32-39,41-42,48H,28,31,40H2. The summed E-state index contributed by atoms with van der Waals surface area (Å²) in [5, 5.41) is 4.96. The van der Waals surface area contributed by atoms with E-state index in [1.807, 2.05) is 12.1 Å². The molecule has 1 aliphatic carbocycles. The lowest BCUT2D eigenvalue weighted by molar-refractivity contribution is 0.621. The fourth-order valence-corrected chi connectivity index (χ4v) is 10.8. The van der Waals surface area contributed by atoms with Gasteiger partial charge in [0.2, 0.25) is 0 Å². The second kappa shape index (κ2) is 15.9. The zero-order valence-corrected chi connectivity index (χ0v) is 35.6. The van der Waals surface area contributed by atoms with E-state index < -0.39 is 5.41 Å². The Labute approximate surface area is 374 Å². The van der Waals surface area contributed by atoms with Crippen LogP contribution in [-0.4, -0.2) is 0 Å². The first-order valence-electron chi connectivity index (χ1n) is 22.6. The maximum atomic E-state index is 6.20. The summed E-state index contributed by atoms with van der Waals surface area (Å²) in [6.07, 6.45) is 2.98. The molecule has 0 saturated carbocycles. The number of rotatable bonds is 10. The summed E-state index contributed by atoms with van der Waals surface area (Å²) < 4.78 is 6.20. The minimum atomic E-state index is -0.426. The summed E-state index contributed by atoms with van der Waals surface area (Å²) in [6, 6.07) is 87.5. The van der Waals surface area contributed by atoms with Crippen molar-refractivity contribution in [1.82, 2.24) is 0 Å². The highest BCUT2D eigenvalue weighted by atomic mass is 16.3. The van der Waals surface area contributed by atoms with Crippen LogP contribution < -0.4 is 0 Å². The molecule has 11 aromatic rings. The number of furan rings is 1. The van der Waals surface area contributed by atoms with Gasteiger partial charge in [-0.2, -0.15) is 0 Å². The lowest BCUT2D eigenvalue weighted by Gasteiger charge is -2.34. The topological polar surface area (TPSA) is 13.1 Å². The average Bonchev–Trinajstić information content (AvgIpc) is 3.89. The molecular formula is C63H46O. The van der Waals surface area contributed by atoms with Crippen LogP contribution in [0.15, 0.2) is 241 Å².